The number of benzene rings is 2. The number of carbonyl (C=O) groups is 2. The summed E-state index contributed by atoms with van der Waals surface area (Å²) in [5.41, 5.74) is -5.35. The molecule has 0 radical (unpaired) electrons. The number of para-hydroxylation sites is 1. The highest BCUT2D eigenvalue weighted by Gasteiger charge is 2.70. The maximum absolute atomic E-state index is 13.8. The van der Waals surface area contributed by atoms with Crippen LogP contribution in [-0.2, 0) is 14.3 Å². The fourth-order valence-corrected chi connectivity index (χ4v) is 2.96. The van der Waals surface area contributed by atoms with Crippen molar-refractivity contribution in [1.29, 1.82) is 0 Å². The molecule has 3 rings (SSSR count). The molecule has 1 aliphatic heterocycles. The van der Waals surface area contributed by atoms with E-state index in [-0.39, 0.29) is 16.9 Å². The van der Waals surface area contributed by atoms with Gasteiger partial charge in [-0.3, -0.25) is 9.69 Å². The lowest BCUT2D eigenvalue weighted by atomic mass is 9.92. The molecular formula is C19H14F3NO4. The van der Waals surface area contributed by atoms with E-state index in [1.165, 1.54) is 48.5 Å². The Bertz CT molecular complexity index is 910. The Morgan fingerprint density at radius 2 is 1.56 bits per heavy atom. The second-order valence-corrected chi connectivity index (χ2v) is 5.77. The van der Waals surface area contributed by atoms with Crippen molar-refractivity contribution in [2.45, 2.75) is 11.8 Å². The second-order valence-electron chi connectivity index (χ2n) is 5.77. The number of amides is 1. The molecule has 2 aromatic carbocycles. The van der Waals surface area contributed by atoms with Crippen LogP contribution < -0.4 is 4.90 Å². The standard InChI is InChI=1S/C19H14F3NO4/c1-27-16(24)14-15(12-8-4-2-5-9-12)23(13-10-6-3-7-11-13)17(25)18(14,26)19(20,21)22/h2-11,26H,1H3. The summed E-state index contributed by atoms with van der Waals surface area (Å²) in [5, 5.41) is 10.4. The molecule has 1 unspecified atom stereocenters. The van der Waals surface area contributed by atoms with E-state index >= 15 is 0 Å². The minimum atomic E-state index is -5.43. The third-order valence-corrected chi connectivity index (χ3v) is 4.20. The Balaban J connectivity index is 2.40. The van der Waals surface area contributed by atoms with Crippen molar-refractivity contribution >= 4 is 23.3 Å². The van der Waals surface area contributed by atoms with E-state index in [1.54, 1.807) is 12.1 Å². The van der Waals surface area contributed by atoms with Crippen molar-refractivity contribution in [2.24, 2.45) is 0 Å². The van der Waals surface area contributed by atoms with E-state index in [9.17, 15) is 27.9 Å². The van der Waals surface area contributed by atoms with Gasteiger partial charge in [0.1, 0.15) is 5.57 Å². The van der Waals surface area contributed by atoms with Crippen LogP contribution in [0.5, 0.6) is 0 Å². The zero-order valence-corrected chi connectivity index (χ0v) is 14.0. The Morgan fingerprint density at radius 1 is 1.04 bits per heavy atom. The molecule has 27 heavy (non-hydrogen) atoms. The van der Waals surface area contributed by atoms with Gasteiger partial charge in [-0.05, 0) is 17.7 Å². The molecule has 0 aliphatic carbocycles. The Kier molecular flexibility index (Phi) is 4.52. The zero-order valence-electron chi connectivity index (χ0n) is 14.0. The number of alkyl halides is 3. The van der Waals surface area contributed by atoms with Crippen molar-refractivity contribution in [3.63, 3.8) is 0 Å². The van der Waals surface area contributed by atoms with Gasteiger partial charge in [0.25, 0.3) is 11.5 Å². The number of anilines is 1. The first-order valence-electron chi connectivity index (χ1n) is 7.80. The van der Waals surface area contributed by atoms with Crippen molar-refractivity contribution in [3.05, 3.63) is 71.8 Å². The molecule has 1 N–H and O–H groups in total. The fourth-order valence-electron chi connectivity index (χ4n) is 2.96. The van der Waals surface area contributed by atoms with Crippen molar-refractivity contribution in [1.82, 2.24) is 0 Å². The molecule has 0 bridgehead atoms. The van der Waals surface area contributed by atoms with Crippen LogP contribution in [0, 0.1) is 0 Å². The van der Waals surface area contributed by atoms with E-state index in [1.807, 2.05) is 0 Å². The van der Waals surface area contributed by atoms with Crippen LogP contribution in [0.25, 0.3) is 5.70 Å². The van der Waals surface area contributed by atoms with Crippen LogP contribution in [0.1, 0.15) is 5.56 Å². The molecule has 0 saturated heterocycles. The number of rotatable bonds is 3. The first kappa shape index (κ1) is 18.7. The summed E-state index contributed by atoms with van der Waals surface area (Å²) >= 11 is 0. The molecule has 140 valence electrons. The van der Waals surface area contributed by atoms with Crippen LogP contribution in [-0.4, -0.2) is 35.9 Å². The highest BCUT2D eigenvalue weighted by Crippen LogP contribution is 2.49. The van der Waals surface area contributed by atoms with E-state index < -0.39 is 29.2 Å². The van der Waals surface area contributed by atoms with Gasteiger partial charge in [0, 0.05) is 5.69 Å². The maximum Gasteiger partial charge on any atom is 0.431 e. The predicted molar refractivity (Wildman–Crippen MR) is 90.3 cm³/mol. The van der Waals surface area contributed by atoms with Crippen LogP contribution in [0.3, 0.4) is 0 Å². The molecule has 1 atom stereocenters. The van der Waals surface area contributed by atoms with Gasteiger partial charge in [0.05, 0.1) is 12.8 Å². The molecule has 0 saturated carbocycles. The Labute approximate surface area is 152 Å². The normalized spacial score (nSPS) is 20.2. The molecule has 0 fully saturated rings. The van der Waals surface area contributed by atoms with Crippen LogP contribution in [0.2, 0.25) is 0 Å². The molecule has 0 spiro atoms. The monoisotopic (exact) mass is 377 g/mol. The molecule has 2 aromatic rings. The second kappa shape index (κ2) is 6.55. The number of nitrogens with zero attached hydrogens (tertiary/aromatic N) is 1. The fraction of sp³-hybridized carbons (Fsp3) is 0.158. The van der Waals surface area contributed by atoms with E-state index in [4.69, 9.17) is 0 Å². The van der Waals surface area contributed by atoms with E-state index in [2.05, 4.69) is 4.74 Å². The third kappa shape index (κ3) is 2.78. The first-order valence-corrected chi connectivity index (χ1v) is 7.80. The number of carbonyl (C=O) groups excluding carboxylic acids is 2. The smallest absolute Gasteiger partial charge is 0.431 e. The number of hydrogen-bond acceptors (Lipinski definition) is 4. The average Bonchev–Trinajstić information content (AvgIpc) is 2.91. The number of aliphatic hydroxyl groups is 1. The average molecular weight is 377 g/mol. The van der Waals surface area contributed by atoms with Gasteiger partial charge in [-0.15, -0.1) is 0 Å². The number of hydrogen-bond donors (Lipinski definition) is 1. The summed E-state index contributed by atoms with van der Waals surface area (Å²) in [4.78, 5) is 25.7. The van der Waals surface area contributed by atoms with E-state index in [0.29, 0.717) is 4.90 Å². The van der Waals surface area contributed by atoms with Gasteiger partial charge < -0.3 is 9.84 Å². The molecule has 8 heteroatoms. The first-order chi connectivity index (χ1) is 12.7. The van der Waals surface area contributed by atoms with Gasteiger partial charge in [0.15, 0.2) is 0 Å². The quantitative estimate of drug-likeness (QED) is 0.836. The predicted octanol–water partition coefficient (Wildman–Crippen LogP) is 2.91. The van der Waals surface area contributed by atoms with Gasteiger partial charge >= 0.3 is 12.1 Å². The highest BCUT2D eigenvalue weighted by molar-refractivity contribution is 6.25. The summed E-state index contributed by atoms with van der Waals surface area (Å²) in [5.74, 6) is -3.14. The number of ether oxygens (including phenoxy) is 1. The molecule has 0 aromatic heterocycles. The van der Waals surface area contributed by atoms with Crippen molar-refractivity contribution in [3.8, 4) is 0 Å². The largest absolute Gasteiger partial charge is 0.466 e. The Hall–Kier alpha value is -3.13. The number of halogens is 3. The molecule has 1 heterocycles. The highest BCUT2D eigenvalue weighted by atomic mass is 19.4. The third-order valence-electron chi connectivity index (χ3n) is 4.20. The lowest BCUT2D eigenvalue weighted by molar-refractivity contribution is -0.236. The minimum absolute atomic E-state index is 0.0722. The van der Waals surface area contributed by atoms with Crippen LogP contribution in [0.4, 0.5) is 18.9 Å². The maximum atomic E-state index is 13.8. The molecule has 1 amide bonds. The summed E-state index contributed by atoms with van der Waals surface area (Å²) in [6, 6.07) is 15.0. The van der Waals surface area contributed by atoms with Crippen molar-refractivity contribution < 1.29 is 32.6 Å². The van der Waals surface area contributed by atoms with Gasteiger partial charge in [-0.25, -0.2) is 4.79 Å². The summed E-state index contributed by atoms with van der Waals surface area (Å²) < 4.78 is 45.8. The SMILES string of the molecule is COC(=O)C1=C(c2ccccc2)N(c2ccccc2)C(=O)C1(O)C(F)(F)F. The van der Waals surface area contributed by atoms with Crippen LogP contribution >= 0.6 is 0 Å². The molecule has 5 nitrogen and oxygen atoms in total. The zero-order chi connectivity index (χ0) is 19.8. The Morgan fingerprint density at radius 3 is 2.04 bits per heavy atom. The summed E-state index contributed by atoms with van der Waals surface area (Å²) in [6.07, 6.45) is -5.43. The van der Waals surface area contributed by atoms with Gasteiger partial charge in [0.2, 0.25) is 0 Å². The summed E-state index contributed by atoms with van der Waals surface area (Å²) in [6.45, 7) is 0. The van der Waals surface area contributed by atoms with Gasteiger partial charge in [-0.2, -0.15) is 13.2 Å². The molecular weight excluding hydrogens is 363 g/mol. The summed E-state index contributed by atoms with van der Waals surface area (Å²) in [7, 11) is 0.879. The number of methoxy groups -OCH3 is 1. The van der Waals surface area contributed by atoms with E-state index in [0.717, 1.165) is 7.11 Å². The van der Waals surface area contributed by atoms with Gasteiger partial charge in [-0.1, -0.05) is 48.5 Å². The minimum Gasteiger partial charge on any atom is -0.466 e. The topological polar surface area (TPSA) is 66.8 Å². The van der Waals surface area contributed by atoms with Crippen LogP contribution in [0.15, 0.2) is 66.2 Å². The lowest BCUT2D eigenvalue weighted by Crippen LogP contribution is -2.55. The molecule has 1 aliphatic rings. The lowest BCUT2D eigenvalue weighted by Gasteiger charge is -2.27. The number of esters is 1. The van der Waals surface area contributed by atoms with Crippen molar-refractivity contribution in [2.75, 3.05) is 12.0 Å².